The second-order valence-corrected chi connectivity index (χ2v) is 3.85. The van der Waals surface area contributed by atoms with Gasteiger partial charge in [-0.25, -0.2) is 4.79 Å². The lowest BCUT2D eigenvalue weighted by atomic mass is 10.4. The molecule has 0 saturated carbocycles. The van der Waals surface area contributed by atoms with Gasteiger partial charge in [0.1, 0.15) is 6.54 Å². The van der Waals surface area contributed by atoms with E-state index in [-0.39, 0.29) is 12.6 Å². The van der Waals surface area contributed by atoms with Crippen molar-refractivity contribution in [2.45, 2.75) is 27.2 Å². The fourth-order valence-corrected chi connectivity index (χ4v) is 1.50. The van der Waals surface area contributed by atoms with E-state index in [4.69, 9.17) is 4.74 Å². The molecule has 0 aliphatic rings. The molecule has 0 aromatic rings. The minimum absolute atomic E-state index is 0.0911. The highest BCUT2D eigenvalue weighted by atomic mass is 16.5. The molecule has 0 heterocycles. The highest BCUT2D eigenvalue weighted by Gasteiger charge is 2.06. The van der Waals surface area contributed by atoms with Gasteiger partial charge in [0.2, 0.25) is 0 Å². The van der Waals surface area contributed by atoms with Crippen LogP contribution in [0.3, 0.4) is 0 Å². The molecular formula is C12H25N3O3. The van der Waals surface area contributed by atoms with Crippen molar-refractivity contribution in [3.05, 3.63) is 0 Å². The van der Waals surface area contributed by atoms with Crippen LogP contribution in [0, 0.1) is 0 Å². The van der Waals surface area contributed by atoms with E-state index in [0.717, 1.165) is 26.1 Å². The number of urea groups is 1. The van der Waals surface area contributed by atoms with Crippen LogP contribution in [0.25, 0.3) is 0 Å². The van der Waals surface area contributed by atoms with Gasteiger partial charge in [0.25, 0.3) is 0 Å². The summed E-state index contributed by atoms with van der Waals surface area (Å²) in [5.74, 6) is -0.422. The molecule has 0 unspecified atom stereocenters. The molecule has 0 atom stereocenters. The first-order chi connectivity index (χ1) is 8.63. The van der Waals surface area contributed by atoms with Crippen molar-refractivity contribution in [2.24, 2.45) is 0 Å². The van der Waals surface area contributed by atoms with Crippen LogP contribution in [0.2, 0.25) is 0 Å². The maximum absolute atomic E-state index is 11.3. The van der Waals surface area contributed by atoms with E-state index in [1.165, 1.54) is 0 Å². The Morgan fingerprint density at radius 2 is 1.83 bits per heavy atom. The van der Waals surface area contributed by atoms with Crippen molar-refractivity contribution in [1.29, 1.82) is 0 Å². The monoisotopic (exact) mass is 259 g/mol. The van der Waals surface area contributed by atoms with Gasteiger partial charge in [-0.2, -0.15) is 0 Å². The van der Waals surface area contributed by atoms with Crippen molar-refractivity contribution in [3.8, 4) is 0 Å². The van der Waals surface area contributed by atoms with E-state index in [0.29, 0.717) is 13.2 Å². The minimum Gasteiger partial charge on any atom is -0.465 e. The molecule has 106 valence electrons. The van der Waals surface area contributed by atoms with Crippen molar-refractivity contribution >= 4 is 12.0 Å². The summed E-state index contributed by atoms with van der Waals surface area (Å²) in [6.45, 7) is 9.57. The Bertz CT molecular complexity index is 247. The van der Waals surface area contributed by atoms with E-state index in [9.17, 15) is 9.59 Å². The van der Waals surface area contributed by atoms with Gasteiger partial charge in [0, 0.05) is 13.1 Å². The zero-order valence-corrected chi connectivity index (χ0v) is 11.6. The first-order valence-corrected chi connectivity index (χ1v) is 6.53. The van der Waals surface area contributed by atoms with Crippen LogP contribution in [-0.4, -0.2) is 56.2 Å². The summed E-state index contributed by atoms with van der Waals surface area (Å²) in [5.41, 5.74) is 0. The van der Waals surface area contributed by atoms with Gasteiger partial charge in [-0.1, -0.05) is 13.8 Å². The molecule has 18 heavy (non-hydrogen) atoms. The predicted molar refractivity (Wildman–Crippen MR) is 70.4 cm³/mol. The fourth-order valence-electron chi connectivity index (χ4n) is 1.50. The summed E-state index contributed by atoms with van der Waals surface area (Å²) >= 11 is 0. The van der Waals surface area contributed by atoms with Crippen LogP contribution in [0.1, 0.15) is 27.2 Å². The summed E-state index contributed by atoms with van der Waals surface area (Å²) in [6.07, 6.45) is 1.10. The second kappa shape index (κ2) is 10.8. The highest BCUT2D eigenvalue weighted by molar-refractivity contribution is 5.80. The number of hydrogen-bond acceptors (Lipinski definition) is 4. The van der Waals surface area contributed by atoms with Crippen molar-refractivity contribution in [3.63, 3.8) is 0 Å². The second-order valence-electron chi connectivity index (χ2n) is 3.85. The molecule has 0 spiro atoms. The number of rotatable bonds is 9. The maximum Gasteiger partial charge on any atom is 0.325 e. The lowest BCUT2D eigenvalue weighted by Gasteiger charge is -2.19. The topological polar surface area (TPSA) is 70.7 Å². The van der Waals surface area contributed by atoms with Gasteiger partial charge in [0.15, 0.2) is 0 Å². The third kappa shape index (κ3) is 8.81. The average Bonchev–Trinajstić information content (AvgIpc) is 2.35. The van der Waals surface area contributed by atoms with E-state index in [1.54, 1.807) is 6.92 Å². The maximum atomic E-state index is 11.3. The molecule has 0 aliphatic heterocycles. The quantitative estimate of drug-likeness (QED) is 0.594. The Hall–Kier alpha value is -1.30. The first kappa shape index (κ1) is 16.7. The molecule has 6 nitrogen and oxygen atoms in total. The Morgan fingerprint density at radius 1 is 1.11 bits per heavy atom. The van der Waals surface area contributed by atoms with Gasteiger partial charge in [-0.3, -0.25) is 4.79 Å². The molecule has 0 aliphatic carbocycles. The summed E-state index contributed by atoms with van der Waals surface area (Å²) in [5, 5.41) is 5.15. The number of esters is 1. The Balaban J connectivity index is 3.61. The Kier molecular flexibility index (Phi) is 10.0. The minimum atomic E-state index is -0.422. The number of likely N-dealkylation sites (N-methyl/N-ethyl adjacent to an activating group) is 1. The summed E-state index contributed by atoms with van der Waals surface area (Å²) in [4.78, 5) is 24.6. The number of nitrogens with one attached hydrogen (secondary N) is 2. The smallest absolute Gasteiger partial charge is 0.325 e. The van der Waals surface area contributed by atoms with Gasteiger partial charge >= 0.3 is 12.0 Å². The number of carbonyl (C=O) groups excluding carboxylic acids is 2. The van der Waals surface area contributed by atoms with Gasteiger partial charge in [-0.15, -0.1) is 0 Å². The molecule has 0 aromatic heterocycles. The van der Waals surface area contributed by atoms with Crippen LogP contribution < -0.4 is 10.6 Å². The Labute approximate surface area is 109 Å². The summed E-state index contributed by atoms with van der Waals surface area (Å²) < 4.78 is 4.69. The van der Waals surface area contributed by atoms with Gasteiger partial charge in [0.05, 0.1) is 6.61 Å². The zero-order chi connectivity index (χ0) is 13.8. The first-order valence-electron chi connectivity index (χ1n) is 6.53. The molecule has 2 amide bonds. The SMILES string of the molecule is CCCN(CC)CCNC(=O)NCC(=O)OCC. The standard InChI is InChI=1S/C12H25N3O3/c1-4-8-15(5-2)9-7-13-12(17)14-10-11(16)18-6-3/h4-10H2,1-3H3,(H2,13,14,17). The molecule has 2 N–H and O–H groups in total. The molecule has 0 fully saturated rings. The average molecular weight is 259 g/mol. The Morgan fingerprint density at radius 3 is 2.39 bits per heavy atom. The van der Waals surface area contributed by atoms with E-state index in [1.807, 2.05) is 0 Å². The number of carbonyl (C=O) groups is 2. The molecule has 0 saturated heterocycles. The highest BCUT2D eigenvalue weighted by Crippen LogP contribution is 1.88. The van der Waals surface area contributed by atoms with Crippen molar-refractivity contribution in [1.82, 2.24) is 15.5 Å². The van der Waals surface area contributed by atoms with Gasteiger partial charge < -0.3 is 20.3 Å². The number of ether oxygens (including phenoxy) is 1. The number of nitrogens with zero attached hydrogens (tertiary/aromatic N) is 1. The van der Waals surface area contributed by atoms with E-state index in [2.05, 4.69) is 29.4 Å². The molecule has 0 aromatic carbocycles. The normalized spacial score (nSPS) is 10.2. The molecular weight excluding hydrogens is 234 g/mol. The number of amides is 2. The lowest BCUT2D eigenvalue weighted by Crippen LogP contribution is -2.42. The van der Waals surface area contributed by atoms with E-state index >= 15 is 0 Å². The van der Waals surface area contributed by atoms with Gasteiger partial charge in [-0.05, 0) is 26.4 Å². The number of hydrogen-bond donors (Lipinski definition) is 2. The van der Waals surface area contributed by atoms with Crippen LogP contribution in [0.15, 0.2) is 0 Å². The lowest BCUT2D eigenvalue weighted by molar-refractivity contribution is -0.141. The third-order valence-corrected chi connectivity index (χ3v) is 2.40. The molecule has 6 heteroatoms. The van der Waals surface area contributed by atoms with Crippen LogP contribution in [-0.2, 0) is 9.53 Å². The van der Waals surface area contributed by atoms with Crippen LogP contribution in [0.5, 0.6) is 0 Å². The van der Waals surface area contributed by atoms with Crippen LogP contribution in [0.4, 0.5) is 4.79 Å². The van der Waals surface area contributed by atoms with Crippen molar-refractivity contribution in [2.75, 3.05) is 39.3 Å². The molecule has 0 bridgehead atoms. The van der Waals surface area contributed by atoms with Crippen molar-refractivity contribution < 1.29 is 14.3 Å². The third-order valence-electron chi connectivity index (χ3n) is 2.40. The van der Waals surface area contributed by atoms with Crippen LogP contribution >= 0.6 is 0 Å². The predicted octanol–water partition coefficient (Wildman–Crippen LogP) is 0.581. The fraction of sp³-hybridized carbons (Fsp3) is 0.833. The largest absolute Gasteiger partial charge is 0.465 e. The summed E-state index contributed by atoms with van der Waals surface area (Å²) in [6, 6.07) is -0.337. The zero-order valence-electron chi connectivity index (χ0n) is 11.6. The summed E-state index contributed by atoms with van der Waals surface area (Å²) in [7, 11) is 0. The molecule has 0 radical (unpaired) electrons. The van der Waals surface area contributed by atoms with E-state index < -0.39 is 5.97 Å². The molecule has 0 rings (SSSR count).